The van der Waals surface area contributed by atoms with Crippen molar-refractivity contribution in [1.29, 1.82) is 5.26 Å². The van der Waals surface area contributed by atoms with Crippen molar-refractivity contribution >= 4 is 23.2 Å². The lowest BCUT2D eigenvalue weighted by molar-refractivity contribution is 0.280. The summed E-state index contributed by atoms with van der Waals surface area (Å²) >= 11 is 11.8. The molecule has 78 valence electrons. The Labute approximate surface area is 98.0 Å². The molecule has 0 aromatic heterocycles. The third-order valence-electron chi connectivity index (χ3n) is 2.83. The fourth-order valence-corrected chi connectivity index (χ4v) is 2.16. The normalized spacial score (nSPS) is 17.2. The summed E-state index contributed by atoms with van der Waals surface area (Å²) in [6.45, 7) is -0.182. The van der Waals surface area contributed by atoms with Gasteiger partial charge in [-0.2, -0.15) is 5.26 Å². The van der Waals surface area contributed by atoms with Crippen LogP contribution in [0.2, 0.25) is 10.0 Å². The van der Waals surface area contributed by atoms with Gasteiger partial charge in [-0.1, -0.05) is 29.3 Å². The highest BCUT2D eigenvalue weighted by Crippen LogP contribution is 2.50. The third kappa shape index (κ3) is 1.61. The van der Waals surface area contributed by atoms with Crippen LogP contribution < -0.4 is 0 Å². The van der Waals surface area contributed by atoms with Gasteiger partial charge in [0.2, 0.25) is 0 Å². The van der Waals surface area contributed by atoms with Crippen molar-refractivity contribution in [2.45, 2.75) is 24.9 Å². The van der Waals surface area contributed by atoms with E-state index < -0.39 is 5.41 Å². The van der Waals surface area contributed by atoms with Gasteiger partial charge in [0.05, 0.1) is 28.1 Å². The lowest BCUT2D eigenvalue weighted by atomic mass is 9.93. The van der Waals surface area contributed by atoms with Crippen LogP contribution >= 0.6 is 23.2 Å². The molecule has 0 radical (unpaired) electrons. The summed E-state index contributed by atoms with van der Waals surface area (Å²) in [6, 6.07) is 5.74. The van der Waals surface area contributed by atoms with E-state index in [4.69, 9.17) is 28.5 Å². The second-order valence-electron chi connectivity index (χ2n) is 3.74. The topological polar surface area (TPSA) is 44.0 Å². The van der Waals surface area contributed by atoms with Crippen LogP contribution in [0.4, 0.5) is 0 Å². The van der Waals surface area contributed by atoms with E-state index in [9.17, 15) is 5.11 Å². The van der Waals surface area contributed by atoms with E-state index in [0.717, 1.165) is 18.4 Å². The molecule has 1 aromatic carbocycles. The minimum atomic E-state index is -0.438. The highest BCUT2D eigenvalue weighted by molar-refractivity contribution is 6.42. The molecule has 1 aliphatic carbocycles. The zero-order chi connectivity index (χ0) is 11.1. The number of nitriles is 1. The van der Waals surface area contributed by atoms with Gasteiger partial charge in [0, 0.05) is 5.56 Å². The number of aliphatic hydroxyl groups excluding tert-OH is 1. The smallest absolute Gasteiger partial charge is 0.0827 e. The number of hydrogen-bond acceptors (Lipinski definition) is 2. The SMILES string of the molecule is N#CC1(c2ccc(Cl)c(Cl)c2CO)CC1. The predicted octanol–water partition coefficient (Wildman–Crippen LogP) is 3.04. The number of rotatable bonds is 2. The lowest BCUT2D eigenvalue weighted by Crippen LogP contribution is -2.07. The highest BCUT2D eigenvalue weighted by Gasteiger charge is 2.46. The number of nitrogens with zero attached hydrogens (tertiary/aromatic N) is 1. The first-order chi connectivity index (χ1) is 7.14. The molecule has 0 spiro atoms. The molecule has 1 aromatic rings. The van der Waals surface area contributed by atoms with Gasteiger partial charge in [0.15, 0.2) is 0 Å². The van der Waals surface area contributed by atoms with Gasteiger partial charge in [-0.15, -0.1) is 0 Å². The molecule has 2 rings (SSSR count). The van der Waals surface area contributed by atoms with Crippen LogP contribution in [-0.4, -0.2) is 5.11 Å². The third-order valence-corrected chi connectivity index (χ3v) is 3.68. The standard InChI is InChI=1S/C11H9Cl2NO/c12-9-2-1-8(7(5-15)10(9)13)11(6-14)3-4-11/h1-2,15H,3-5H2. The van der Waals surface area contributed by atoms with Gasteiger partial charge in [0.25, 0.3) is 0 Å². The molecule has 0 bridgehead atoms. The second-order valence-corrected chi connectivity index (χ2v) is 4.52. The maximum absolute atomic E-state index is 9.26. The van der Waals surface area contributed by atoms with Crippen LogP contribution in [0.15, 0.2) is 12.1 Å². The van der Waals surface area contributed by atoms with Crippen LogP contribution in [-0.2, 0) is 12.0 Å². The molecule has 1 aliphatic rings. The van der Waals surface area contributed by atoms with Gasteiger partial charge in [-0.05, 0) is 24.5 Å². The van der Waals surface area contributed by atoms with E-state index >= 15 is 0 Å². The predicted molar refractivity (Wildman–Crippen MR) is 58.9 cm³/mol. The van der Waals surface area contributed by atoms with Crippen LogP contribution in [0.3, 0.4) is 0 Å². The molecular weight excluding hydrogens is 233 g/mol. The quantitative estimate of drug-likeness (QED) is 0.866. The molecule has 4 heteroatoms. The number of hydrogen-bond donors (Lipinski definition) is 1. The van der Waals surface area contributed by atoms with E-state index in [-0.39, 0.29) is 6.61 Å². The van der Waals surface area contributed by atoms with E-state index in [1.807, 2.05) is 0 Å². The lowest BCUT2D eigenvalue weighted by Gasteiger charge is -2.13. The summed E-state index contributed by atoms with van der Waals surface area (Å²) in [6.07, 6.45) is 1.66. The van der Waals surface area contributed by atoms with Crippen LogP contribution in [0.5, 0.6) is 0 Å². The molecule has 15 heavy (non-hydrogen) atoms. The Morgan fingerprint density at radius 3 is 2.53 bits per heavy atom. The number of halogens is 2. The molecule has 0 saturated heterocycles. The minimum Gasteiger partial charge on any atom is -0.392 e. The zero-order valence-electron chi connectivity index (χ0n) is 7.93. The first-order valence-electron chi connectivity index (χ1n) is 4.64. The second kappa shape index (κ2) is 3.68. The van der Waals surface area contributed by atoms with E-state index in [2.05, 4.69) is 6.07 Å². The van der Waals surface area contributed by atoms with Crippen LogP contribution in [0, 0.1) is 11.3 Å². The molecule has 2 nitrogen and oxygen atoms in total. The first-order valence-corrected chi connectivity index (χ1v) is 5.40. The van der Waals surface area contributed by atoms with Crippen molar-refractivity contribution in [3.63, 3.8) is 0 Å². The highest BCUT2D eigenvalue weighted by atomic mass is 35.5. The largest absolute Gasteiger partial charge is 0.392 e. The van der Waals surface area contributed by atoms with Crippen molar-refractivity contribution in [3.05, 3.63) is 33.3 Å². The molecular formula is C11H9Cl2NO. The molecule has 0 amide bonds. The Bertz CT molecular complexity index is 447. The van der Waals surface area contributed by atoms with Gasteiger partial charge in [-0.3, -0.25) is 0 Å². The van der Waals surface area contributed by atoms with Crippen LogP contribution in [0.25, 0.3) is 0 Å². The Hall–Kier alpha value is -0.750. The average Bonchev–Trinajstić information content (AvgIpc) is 3.02. The summed E-state index contributed by atoms with van der Waals surface area (Å²) in [5, 5.41) is 19.1. The molecule has 0 unspecified atom stereocenters. The van der Waals surface area contributed by atoms with Gasteiger partial charge >= 0.3 is 0 Å². The van der Waals surface area contributed by atoms with E-state index in [1.54, 1.807) is 12.1 Å². The summed E-state index contributed by atoms with van der Waals surface area (Å²) in [5.74, 6) is 0. The Morgan fingerprint density at radius 2 is 2.07 bits per heavy atom. The fraction of sp³-hybridized carbons (Fsp3) is 0.364. The number of benzene rings is 1. The van der Waals surface area contributed by atoms with E-state index in [1.165, 1.54) is 0 Å². The van der Waals surface area contributed by atoms with Gasteiger partial charge < -0.3 is 5.11 Å². The van der Waals surface area contributed by atoms with Crippen molar-refractivity contribution in [1.82, 2.24) is 0 Å². The summed E-state index contributed by atoms with van der Waals surface area (Å²) < 4.78 is 0. The molecule has 1 saturated carbocycles. The summed E-state index contributed by atoms with van der Waals surface area (Å²) in [5.41, 5.74) is 0.969. The van der Waals surface area contributed by atoms with Crippen molar-refractivity contribution in [3.8, 4) is 6.07 Å². The first kappa shape index (κ1) is 10.8. The maximum atomic E-state index is 9.26. The fourth-order valence-electron chi connectivity index (χ4n) is 1.76. The van der Waals surface area contributed by atoms with Gasteiger partial charge in [0.1, 0.15) is 0 Å². The Kier molecular flexibility index (Phi) is 2.64. The van der Waals surface area contributed by atoms with Crippen molar-refractivity contribution < 1.29 is 5.11 Å². The molecule has 0 atom stereocenters. The Balaban J connectivity index is 2.59. The Morgan fingerprint density at radius 1 is 1.40 bits per heavy atom. The summed E-state index contributed by atoms with van der Waals surface area (Å²) in [4.78, 5) is 0. The van der Waals surface area contributed by atoms with Crippen LogP contribution in [0.1, 0.15) is 24.0 Å². The number of aliphatic hydroxyl groups is 1. The molecule has 0 heterocycles. The minimum absolute atomic E-state index is 0.182. The van der Waals surface area contributed by atoms with E-state index in [0.29, 0.717) is 15.6 Å². The molecule has 1 N–H and O–H groups in total. The van der Waals surface area contributed by atoms with Crippen molar-refractivity contribution in [2.24, 2.45) is 0 Å². The maximum Gasteiger partial charge on any atom is 0.0827 e. The van der Waals surface area contributed by atoms with Gasteiger partial charge in [-0.25, -0.2) is 0 Å². The monoisotopic (exact) mass is 241 g/mol. The molecule has 1 fully saturated rings. The average molecular weight is 242 g/mol. The molecule has 0 aliphatic heterocycles. The summed E-state index contributed by atoms with van der Waals surface area (Å²) in [7, 11) is 0. The van der Waals surface area contributed by atoms with Crippen molar-refractivity contribution in [2.75, 3.05) is 0 Å². The zero-order valence-corrected chi connectivity index (χ0v) is 9.44.